The quantitative estimate of drug-likeness (QED) is 0.695. The van der Waals surface area contributed by atoms with E-state index in [4.69, 9.17) is 5.73 Å². The summed E-state index contributed by atoms with van der Waals surface area (Å²) in [4.78, 5) is 12.5. The summed E-state index contributed by atoms with van der Waals surface area (Å²) in [5.74, 6) is -0.919. The van der Waals surface area contributed by atoms with Crippen molar-refractivity contribution < 1.29 is 12.8 Å². The van der Waals surface area contributed by atoms with Crippen molar-refractivity contribution in [3.05, 3.63) is 43.2 Å². The number of rotatable bonds is 4. The Morgan fingerprint density at radius 1 is 1.45 bits per heavy atom. The number of halogens is 2. The highest BCUT2D eigenvalue weighted by atomic mass is 79.9. The number of sulfonamides is 1. The van der Waals surface area contributed by atoms with Gasteiger partial charge in [0.25, 0.3) is 0 Å². The summed E-state index contributed by atoms with van der Waals surface area (Å²) in [5.41, 5.74) is 6.05. The first-order valence-corrected chi connectivity index (χ1v) is 8.36. The van der Waals surface area contributed by atoms with Crippen molar-refractivity contribution in [3.8, 4) is 0 Å². The van der Waals surface area contributed by atoms with Crippen molar-refractivity contribution in [2.75, 3.05) is 5.73 Å². The van der Waals surface area contributed by atoms with E-state index in [1.54, 1.807) is 0 Å². The highest BCUT2D eigenvalue weighted by Gasteiger charge is 2.20. The molecule has 2 aromatic rings. The lowest BCUT2D eigenvalue weighted by Crippen LogP contribution is -2.24. The zero-order valence-electron chi connectivity index (χ0n) is 9.81. The van der Waals surface area contributed by atoms with E-state index < -0.39 is 20.7 Å². The van der Waals surface area contributed by atoms with Crippen LogP contribution in [-0.4, -0.2) is 13.4 Å². The van der Waals surface area contributed by atoms with E-state index in [2.05, 4.69) is 25.6 Å². The summed E-state index contributed by atoms with van der Waals surface area (Å²) in [5, 5.41) is 1.48. The van der Waals surface area contributed by atoms with E-state index >= 15 is 0 Å². The van der Waals surface area contributed by atoms with Gasteiger partial charge in [-0.25, -0.2) is 17.5 Å². The van der Waals surface area contributed by atoms with Gasteiger partial charge in [-0.1, -0.05) is 11.3 Å². The summed E-state index contributed by atoms with van der Waals surface area (Å²) in [6.45, 7) is -0.142. The van der Waals surface area contributed by atoms with Gasteiger partial charge in [0.05, 0.1) is 6.54 Å². The summed E-state index contributed by atoms with van der Waals surface area (Å²) < 4.78 is 40.1. The van der Waals surface area contributed by atoms with Gasteiger partial charge in [-0.15, -0.1) is 0 Å². The number of benzene rings is 1. The van der Waals surface area contributed by atoms with E-state index in [1.807, 2.05) is 0 Å². The molecule has 20 heavy (non-hydrogen) atoms. The molecule has 1 aromatic heterocycles. The number of hydrogen-bond donors (Lipinski definition) is 3. The molecule has 6 nitrogen and oxygen atoms in total. The van der Waals surface area contributed by atoms with E-state index in [-0.39, 0.29) is 21.6 Å². The topological polar surface area (TPSA) is 105 Å². The van der Waals surface area contributed by atoms with E-state index in [1.165, 1.54) is 5.38 Å². The summed E-state index contributed by atoms with van der Waals surface area (Å²) in [6, 6.07) is 2.01. The molecule has 0 aliphatic heterocycles. The SMILES string of the molecule is Nc1cc(S(=O)(=O)NCc2csc(=O)[nH]2)c(F)cc1Br. The Bertz CT molecular complexity index is 800. The molecular formula is C10H9BrFN3O3S2. The van der Waals surface area contributed by atoms with E-state index in [0.29, 0.717) is 5.69 Å². The minimum absolute atomic E-state index is 0.107. The summed E-state index contributed by atoms with van der Waals surface area (Å²) in [6.07, 6.45) is 0. The van der Waals surface area contributed by atoms with Gasteiger partial charge in [-0.3, -0.25) is 4.79 Å². The second-order valence-electron chi connectivity index (χ2n) is 3.80. The van der Waals surface area contributed by atoms with Gasteiger partial charge >= 0.3 is 4.87 Å². The van der Waals surface area contributed by atoms with Crippen LogP contribution >= 0.6 is 27.3 Å². The van der Waals surface area contributed by atoms with Gasteiger partial charge in [0, 0.05) is 21.2 Å². The lowest BCUT2D eigenvalue weighted by molar-refractivity contribution is 0.556. The van der Waals surface area contributed by atoms with E-state index in [9.17, 15) is 17.6 Å². The van der Waals surface area contributed by atoms with Crippen molar-refractivity contribution in [2.24, 2.45) is 0 Å². The molecule has 0 unspecified atom stereocenters. The molecule has 4 N–H and O–H groups in total. The number of nitrogens with one attached hydrogen (secondary N) is 2. The second-order valence-corrected chi connectivity index (χ2v) is 7.23. The second kappa shape index (κ2) is 5.64. The van der Waals surface area contributed by atoms with Crippen LogP contribution in [0.25, 0.3) is 0 Å². The van der Waals surface area contributed by atoms with Crippen LogP contribution in [-0.2, 0) is 16.6 Å². The number of anilines is 1. The number of aromatic amines is 1. The maximum Gasteiger partial charge on any atom is 0.304 e. The molecular weight excluding hydrogens is 373 g/mol. The molecule has 10 heteroatoms. The zero-order chi connectivity index (χ0) is 14.9. The maximum atomic E-state index is 13.7. The third-order valence-corrected chi connectivity index (χ3v) is 5.19. The van der Waals surface area contributed by atoms with Gasteiger partial charge in [0.2, 0.25) is 10.0 Å². The maximum absolute atomic E-state index is 13.7. The summed E-state index contributed by atoms with van der Waals surface area (Å²) in [7, 11) is -4.06. The Morgan fingerprint density at radius 2 is 2.15 bits per heavy atom. The van der Waals surface area contributed by atoms with Crippen molar-refractivity contribution >= 4 is 43.0 Å². The number of thiazole rings is 1. The monoisotopic (exact) mass is 381 g/mol. The molecule has 0 atom stereocenters. The average Bonchev–Trinajstić information content (AvgIpc) is 2.77. The highest BCUT2D eigenvalue weighted by molar-refractivity contribution is 9.10. The fourth-order valence-electron chi connectivity index (χ4n) is 1.40. The minimum atomic E-state index is -4.06. The number of aromatic nitrogens is 1. The van der Waals surface area contributed by atoms with Crippen LogP contribution in [0, 0.1) is 5.82 Å². The van der Waals surface area contributed by atoms with Crippen LogP contribution in [0.2, 0.25) is 0 Å². The molecule has 0 spiro atoms. The predicted octanol–water partition coefficient (Wildman–Crippen LogP) is 1.40. The molecule has 0 saturated heterocycles. The first kappa shape index (κ1) is 15.2. The molecule has 0 aliphatic rings. The Labute approximate surface area is 126 Å². The lowest BCUT2D eigenvalue weighted by Gasteiger charge is -2.08. The van der Waals surface area contributed by atoms with Crippen LogP contribution in [0.15, 0.2) is 31.7 Å². The van der Waals surface area contributed by atoms with Crippen molar-refractivity contribution in [1.82, 2.24) is 9.71 Å². The van der Waals surface area contributed by atoms with E-state index in [0.717, 1.165) is 23.5 Å². The number of hydrogen-bond acceptors (Lipinski definition) is 5. The normalized spacial score (nSPS) is 11.7. The largest absolute Gasteiger partial charge is 0.398 e. The fraction of sp³-hybridized carbons (Fsp3) is 0.100. The summed E-state index contributed by atoms with van der Waals surface area (Å²) >= 11 is 3.92. The molecule has 1 aromatic carbocycles. The highest BCUT2D eigenvalue weighted by Crippen LogP contribution is 2.26. The molecule has 0 radical (unpaired) electrons. The predicted molar refractivity (Wildman–Crippen MR) is 77.5 cm³/mol. The van der Waals surface area contributed by atoms with Crippen LogP contribution < -0.4 is 15.3 Å². The fourth-order valence-corrected chi connectivity index (χ4v) is 3.40. The Morgan fingerprint density at radius 3 is 2.75 bits per heavy atom. The number of nitrogen functional groups attached to an aromatic ring is 1. The Kier molecular flexibility index (Phi) is 4.28. The first-order valence-electron chi connectivity index (χ1n) is 5.20. The molecule has 0 amide bonds. The van der Waals surface area contributed by atoms with Crippen LogP contribution in [0.3, 0.4) is 0 Å². The van der Waals surface area contributed by atoms with Gasteiger partial charge < -0.3 is 10.7 Å². The van der Waals surface area contributed by atoms with Crippen LogP contribution in [0.5, 0.6) is 0 Å². The zero-order valence-corrected chi connectivity index (χ0v) is 13.0. The van der Waals surface area contributed by atoms with Gasteiger partial charge in [-0.05, 0) is 28.1 Å². The third kappa shape index (κ3) is 3.26. The number of nitrogens with two attached hydrogens (primary N) is 1. The lowest BCUT2D eigenvalue weighted by atomic mass is 10.3. The van der Waals surface area contributed by atoms with Crippen molar-refractivity contribution in [1.29, 1.82) is 0 Å². The Hall–Kier alpha value is -1.23. The third-order valence-electron chi connectivity index (χ3n) is 2.36. The molecule has 1 heterocycles. The van der Waals surface area contributed by atoms with Gasteiger partial charge in [0.1, 0.15) is 10.7 Å². The van der Waals surface area contributed by atoms with Gasteiger partial charge in [-0.2, -0.15) is 0 Å². The van der Waals surface area contributed by atoms with Crippen molar-refractivity contribution in [3.63, 3.8) is 0 Å². The minimum Gasteiger partial charge on any atom is -0.398 e. The van der Waals surface area contributed by atoms with Crippen LogP contribution in [0.4, 0.5) is 10.1 Å². The molecule has 0 saturated carbocycles. The molecule has 0 bridgehead atoms. The molecule has 0 fully saturated rings. The molecule has 108 valence electrons. The average molecular weight is 382 g/mol. The standard InChI is InChI=1S/C10H9BrFN3O3S2/c11-6-1-7(12)9(2-8(6)13)20(17,18)14-3-5-4-19-10(16)15-5/h1-2,4,14H,3,13H2,(H,15,16). The smallest absolute Gasteiger partial charge is 0.304 e. The van der Waals surface area contributed by atoms with Crippen LogP contribution in [0.1, 0.15) is 5.69 Å². The molecule has 2 rings (SSSR count). The first-order chi connectivity index (χ1) is 9.29. The van der Waals surface area contributed by atoms with Crippen molar-refractivity contribution in [2.45, 2.75) is 11.4 Å². The number of H-pyrrole nitrogens is 1. The Balaban J connectivity index is 2.26. The molecule has 0 aliphatic carbocycles. The van der Waals surface area contributed by atoms with Gasteiger partial charge in [0.15, 0.2) is 0 Å².